The minimum atomic E-state index is -4.51. The van der Waals surface area contributed by atoms with Gasteiger partial charge in [0.05, 0.1) is 27.4 Å². The predicted molar refractivity (Wildman–Crippen MR) is 96.4 cm³/mol. The molecule has 0 aliphatic heterocycles. The zero-order valence-electron chi connectivity index (χ0n) is 14.3. The van der Waals surface area contributed by atoms with Crippen molar-refractivity contribution < 1.29 is 17.6 Å². The van der Waals surface area contributed by atoms with Crippen LogP contribution in [0, 0.1) is 12.7 Å². The Bertz CT molecular complexity index is 1200. The molecule has 0 aliphatic carbocycles. The monoisotopic (exact) mass is 406 g/mol. The second-order valence-corrected chi connectivity index (χ2v) is 6.49. The van der Waals surface area contributed by atoms with Crippen LogP contribution in [-0.2, 0) is 6.18 Å². The minimum Gasteiger partial charge on any atom is -0.242 e. The van der Waals surface area contributed by atoms with Crippen molar-refractivity contribution in [2.45, 2.75) is 13.1 Å². The molecule has 0 amide bonds. The number of rotatable bonds is 2. The van der Waals surface area contributed by atoms with Gasteiger partial charge in [-0.25, -0.2) is 18.9 Å². The molecule has 1 aromatic carbocycles. The van der Waals surface area contributed by atoms with Gasteiger partial charge in [0.1, 0.15) is 17.3 Å². The number of hydrogen-bond donors (Lipinski definition) is 0. The van der Waals surface area contributed by atoms with E-state index in [2.05, 4.69) is 15.1 Å². The number of alkyl halides is 3. The van der Waals surface area contributed by atoms with Gasteiger partial charge in [0, 0.05) is 18.0 Å². The average molecular weight is 407 g/mol. The lowest BCUT2D eigenvalue weighted by atomic mass is 10.0. The smallest absolute Gasteiger partial charge is 0.242 e. The van der Waals surface area contributed by atoms with Crippen LogP contribution in [0.15, 0.2) is 48.8 Å². The number of aryl methyl sites for hydroxylation is 1. The van der Waals surface area contributed by atoms with Gasteiger partial charge in [0.15, 0.2) is 0 Å². The van der Waals surface area contributed by atoms with Crippen molar-refractivity contribution in [1.82, 2.24) is 19.6 Å². The number of fused-ring (bicyclic) bond motifs is 1. The van der Waals surface area contributed by atoms with Gasteiger partial charge in [-0.05, 0) is 43.3 Å². The van der Waals surface area contributed by atoms with E-state index >= 15 is 0 Å². The summed E-state index contributed by atoms with van der Waals surface area (Å²) in [7, 11) is 0. The highest BCUT2D eigenvalue weighted by Gasteiger charge is 2.31. The molecule has 0 radical (unpaired) electrons. The van der Waals surface area contributed by atoms with Crippen LogP contribution in [0.25, 0.3) is 28.0 Å². The molecule has 0 unspecified atom stereocenters. The maximum Gasteiger partial charge on any atom is 0.417 e. The van der Waals surface area contributed by atoms with Crippen LogP contribution >= 0.6 is 11.6 Å². The molecule has 0 aliphatic rings. The Morgan fingerprint density at radius 3 is 2.54 bits per heavy atom. The highest BCUT2D eigenvalue weighted by molar-refractivity contribution is 6.31. The highest BCUT2D eigenvalue weighted by atomic mass is 35.5. The number of aromatic nitrogens is 4. The third kappa shape index (κ3) is 3.20. The molecular formula is C19H11ClF4N4. The first kappa shape index (κ1) is 18.4. The molecule has 3 heterocycles. The van der Waals surface area contributed by atoms with Crippen molar-refractivity contribution in [2.24, 2.45) is 0 Å². The lowest BCUT2D eigenvalue weighted by molar-refractivity contribution is -0.137. The van der Waals surface area contributed by atoms with E-state index in [0.717, 1.165) is 16.8 Å². The maximum absolute atomic E-state index is 13.6. The molecule has 0 atom stereocenters. The Morgan fingerprint density at radius 1 is 1.07 bits per heavy atom. The molecule has 0 saturated carbocycles. The Kier molecular flexibility index (Phi) is 4.30. The summed E-state index contributed by atoms with van der Waals surface area (Å²) in [5.41, 5.74) is 1.35. The van der Waals surface area contributed by atoms with Gasteiger partial charge in [-0.15, -0.1) is 0 Å². The molecule has 0 spiro atoms. The topological polar surface area (TPSA) is 43.1 Å². The Labute approximate surface area is 161 Å². The fourth-order valence-electron chi connectivity index (χ4n) is 2.91. The lowest BCUT2D eigenvalue weighted by Gasteiger charge is -2.07. The van der Waals surface area contributed by atoms with Crippen molar-refractivity contribution in [3.63, 3.8) is 0 Å². The first-order valence-electron chi connectivity index (χ1n) is 8.09. The first-order valence-corrected chi connectivity index (χ1v) is 8.47. The van der Waals surface area contributed by atoms with Gasteiger partial charge in [0.2, 0.25) is 0 Å². The van der Waals surface area contributed by atoms with Gasteiger partial charge in [-0.3, -0.25) is 0 Å². The van der Waals surface area contributed by atoms with E-state index in [4.69, 9.17) is 11.6 Å². The zero-order valence-corrected chi connectivity index (χ0v) is 15.1. The average Bonchev–Trinajstić information content (AvgIpc) is 3.02. The predicted octanol–water partition coefficient (Wildman–Crippen LogP) is 5.58. The normalized spacial score (nSPS) is 11.9. The molecule has 4 aromatic rings. The van der Waals surface area contributed by atoms with Crippen LogP contribution in [-0.4, -0.2) is 19.6 Å². The van der Waals surface area contributed by atoms with Crippen LogP contribution in [0.4, 0.5) is 17.6 Å². The van der Waals surface area contributed by atoms with Crippen LogP contribution in [0.2, 0.25) is 5.02 Å². The van der Waals surface area contributed by atoms with Gasteiger partial charge >= 0.3 is 6.18 Å². The molecule has 4 rings (SSSR count). The van der Waals surface area contributed by atoms with Crippen LogP contribution in [0.1, 0.15) is 11.4 Å². The van der Waals surface area contributed by atoms with Crippen molar-refractivity contribution in [2.75, 3.05) is 0 Å². The van der Waals surface area contributed by atoms with Crippen molar-refractivity contribution >= 4 is 17.1 Å². The van der Waals surface area contributed by atoms with Gasteiger partial charge in [-0.1, -0.05) is 11.6 Å². The molecule has 142 valence electrons. The third-order valence-corrected chi connectivity index (χ3v) is 4.47. The Morgan fingerprint density at radius 2 is 1.86 bits per heavy atom. The number of nitrogens with zero attached hydrogens (tertiary/aromatic N) is 4. The van der Waals surface area contributed by atoms with Gasteiger partial charge < -0.3 is 0 Å². The summed E-state index contributed by atoms with van der Waals surface area (Å²) in [6.07, 6.45) is -2.06. The Balaban J connectivity index is 2.04. The van der Waals surface area contributed by atoms with Crippen molar-refractivity contribution in [3.05, 3.63) is 71.0 Å². The number of halogens is 5. The zero-order chi connectivity index (χ0) is 20.1. The quantitative estimate of drug-likeness (QED) is 0.408. The standard InChI is InChI=1S/C19H11ClF4N4/c1-10-25-7-6-15(26-10)17-16-5-3-12(19(22,23)24)9-28(16)27-18(17)11-2-4-14(21)13(20)8-11/h2-9H,1H3. The summed E-state index contributed by atoms with van der Waals surface area (Å²) < 4.78 is 54.0. The van der Waals surface area contributed by atoms with E-state index in [9.17, 15) is 17.6 Å². The summed E-state index contributed by atoms with van der Waals surface area (Å²) in [6.45, 7) is 1.70. The third-order valence-electron chi connectivity index (χ3n) is 4.18. The SMILES string of the molecule is Cc1nccc(-c2c(-c3ccc(F)c(Cl)c3)nn3cc(C(F)(F)F)ccc23)n1. The molecule has 0 fully saturated rings. The van der Waals surface area contributed by atoms with E-state index in [1.807, 2.05) is 0 Å². The van der Waals surface area contributed by atoms with Gasteiger partial charge in [-0.2, -0.15) is 18.3 Å². The van der Waals surface area contributed by atoms with Crippen LogP contribution in [0.5, 0.6) is 0 Å². The second kappa shape index (κ2) is 6.56. The van der Waals surface area contributed by atoms with E-state index in [-0.39, 0.29) is 5.02 Å². The first-order chi connectivity index (χ1) is 13.2. The van der Waals surface area contributed by atoms with E-state index in [0.29, 0.717) is 33.9 Å². The Hall–Kier alpha value is -3.00. The van der Waals surface area contributed by atoms with Crippen LogP contribution in [0.3, 0.4) is 0 Å². The van der Waals surface area contributed by atoms with Crippen molar-refractivity contribution in [1.29, 1.82) is 0 Å². The van der Waals surface area contributed by atoms with E-state index in [1.54, 1.807) is 19.2 Å². The fraction of sp³-hybridized carbons (Fsp3) is 0.105. The summed E-state index contributed by atoms with van der Waals surface area (Å²) in [4.78, 5) is 8.42. The van der Waals surface area contributed by atoms with Gasteiger partial charge in [0.25, 0.3) is 0 Å². The summed E-state index contributed by atoms with van der Waals surface area (Å²) in [5, 5.41) is 4.19. The molecule has 28 heavy (non-hydrogen) atoms. The second-order valence-electron chi connectivity index (χ2n) is 6.09. The van der Waals surface area contributed by atoms with E-state index < -0.39 is 17.6 Å². The highest BCUT2D eigenvalue weighted by Crippen LogP contribution is 2.37. The molecule has 4 nitrogen and oxygen atoms in total. The summed E-state index contributed by atoms with van der Waals surface area (Å²) in [6, 6.07) is 7.97. The largest absolute Gasteiger partial charge is 0.417 e. The van der Waals surface area contributed by atoms with Crippen LogP contribution < -0.4 is 0 Å². The number of hydrogen-bond acceptors (Lipinski definition) is 3. The number of benzene rings is 1. The molecule has 0 saturated heterocycles. The molecular weight excluding hydrogens is 396 g/mol. The molecule has 3 aromatic heterocycles. The molecule has 0 N–H and O–H groups in total. The minimum absolute atomic E-state index is 0.115. The molecule has 0 bridgehead atoms. The molecule has 9 heteroatoms. The fourth-order valence-corrected chi connectivity index (χ4v) is 3.09. The lowest BCUT2D eigenvalue weighted by Crippen LogP contribution is -2.06. The number of pyridine rings is 1. The summed E-state index contributed by atoms with van der Waals surface area (Å²) in [5.74, 6) is -0.111. The van der Waals surface area contributed by atoms with Crippen molar-refractivity contribution in [3.8, 4) is 22.5 Å². The maximum atomic E-state index is 13.6. The van der Waals surface area contributed by atoms with E-state index in [1.165, 1.54) is 24.3 Å². The summed E-state index contributed by atoms with van der Waals surface area (Å²) >= 11 is 5.89.